The molecule has 6 N–H and O–H groups in total. The number of rotatable bonds is 13. The molecule has 0 aliphatic carbocycles. The van der Waals surface area contributed by atoms with Crippen LogP contribution in [0.2, 0.25) is 15.1 Å². The van der Waals surface area contributed by atoms with Crippen molar-refractivity contribution in [3.8, 4) is 22.8 Å². The van der Waals surface area contributed by atoms with Crippen molar-refractivity contribution >= 4 is 81.6 Å². The maximum absolute atomic E-state index is 12.9. The van der Waals surface area contributed by atoms with Crippen molar-refractivity contribution in [1.82, 2.24) is 25.6 Å². The number of hydrogen-bond acceptors (Lipinski definition) is 9. The van der Waals surface area contributed by atoms with Crippen LogP contribution < -0.4 is 36.6 Å². The topological polar surface area (TPSA) is 188 Å². The molecule has 6 rings (SSSR count). The molecule has 326 valence electrons. The van der Waals surface area contributed by atoms with E-state index in [9.17, 15) is 32.3 Å². The predicted octanol–water partition coefficient (Wildman–Crippen LogP) is 10.2. The van der Waals surface area contributed by atoms with Crippen LogP contribution in [0.5, 0.6) is 11.5 Å². The van der Waals surface area contributed by atoms with Gasteiger partial charge in [0, 0.05) is 68.1 Å². The minimum Gasteiger partial charge on any atom is -0.457 e. The number of halogens is 6. The first-order valence-electron chi connectivity index (χ1n) is 18.7. The van der Waals surface area contributed by atoms with Gasteiger partial charge in [-0.1, -0.05) is 53.0 Å². The van der Waals surface area contributed by atoms with Crippen LogP contribution in [0.15, 0.2) is 116 Å². The van der Waals surface area contributed by atoms with Crippen LogP contribution in [-0.2, 0) is 11.0 Å². The smallest absolute Gasteiger partial charge is 0.417 e. The molecule has 0 atom stereocenters. The molecule has 14 nitrogen and oxygen atoms in total. The molecule has 0 aliphatic heterocycles. The van der Waals surface area contributed by atoms with Crippen LogP contribution >= 0.6 is 34.8 Å². The second-order valence-corrected chi connectivity index (χ2v) is 14.2. The molecular weight excluding hydrogens is 886 g/mol. The van der Waals surface area contributed by atoms with Gasteiger partial charge in [-0.25, -0.2) is 14.8 Å². The number of alkyl halides is 3. The van der Waals surface area contributed by atoms with E-state index in [1.807, 2.05) is 30.3 Å². The third kappa shape index (κ3) is 14.3. The molecular formula is C43H37Cl3F3N9O5. The third-order valence-corrected chi connectivity index (χ3v) is 9.30. The quantitative estimate of drug-likeness (QED) is 0.0613. The molecule has 0 unspecified atom stereocenters. The molecule has 0 aliphatic rings. The Morgan fingerprint density at radius 3 is 1.98 bits per heavy atom. The van der Waals surface area contributed by atoms with E-state index in [1.165, 1.54) is 32.3 Å². The second-order valence-electron chi connectivity index (χ2n) is 13.0. The highest BCUT2D eigenvalue weighted by Crippen LogP contribution is 2.36. The van der Waals surface area contributed by atoms with Gasteiger partial charge in [0.25, 0.3) is 11.8 Å². The van der Waals surface area contributed by atoms with E-state index >= 15 is 0 Å². The maximum Gasteiger partial charge on any atom is 0.417 e. The number of hydrogen-bond donors (Lipinski definition) is 6. The number of nitrogens with zero attached hydrogens (tertiary/aromatic N) is 3. The highest BCUT2D eigenvalue weighted by Gasteiger charge is 2.33. The summed E-state index contributed by atoms with van der Waals surface area (Å²) in [6, 6.07) is 25.8. The first kappa shape index (κ1) is 47.1. The van der Waals surface area contributed by atoms with Gasteiger partial charge in [-0.2, -0.15) is 13.2 Å². The van der Waals surface area contributed by atoms with E-state index in [1.54, 1.807) is 54.7 Å². The van der Waals surface area contributed by atoms with Gasteiger partial charge >= 0.3 is 12.2 Å². The Balaban J connectivity index is 0.000000238. The van der Waals surface area contributed by atoms with E-state index in [-0.39, 0.29) is 34.7 Å². The standard InChI is InChI=1S/C22H21Cl2N5O2.C21H16ClF3N4O3/c1-14(30)28-16-8-6-15(7-9-16)19-10-13-27-22(29-19)26-12-3-11-25-21(31)20-17(23)4-2-5-18(20)24;1-26-19(30)18-11-15(8-9-27-18)32-14-5-2-12(3-6-14)28-20(31)29-13-4-7-17(22)16(10-13)21(23,24)25/h2,4-10,13H,3,11-12H2,1H3,(H,25,31)(H,28,30)(H,26,27,29);2-11H,1H3,(H,26,30)(H2,28,29,31). The number of ether oxygens (including phenoxy) is 1. The minimum absolute atomic E-state index is 0.0659. The summed E-state index contributed by atoms with van der Waals surface area (Å²) in [6.07, 6.45) is -0.876. The number of pyridine rings is 1. The second kappa shape index (κ2) is 22.2. The molecule has 0 saturated heterocycles. The van der Waals surface area contributed by atoms with Gasteiger partial charge in [0.1, 0.15) is 17.2 Å². The zero-order valence-corrected chi connectivity index (χ0v) is 35.5. The van der Waals surface area contributed by atoms with Crippen molar-refractivity contribution in [2.75, 3.05) is 41.4 Å². The first-order valence-corrected chi connectivity index (χ1v) is 19.8. The van der Waals surface area contributed by atoms with Crippen molar-refractivity contribution < 1.29 is 37.1 Å². The molecule has 4 aromatic carbocycles. The van der Waals surface area contributed by atoms with Gasteiger partial charge < -0.3 is 36.6 Å². The van der Waals surface area contributed by atoms with E-state index in [2.05, 4.69) is 46.9 Å². The molecule has 2 aromatic heterocycles. The fourth-order valence-corrected chi connectivity index (χ4v) is 6.20. The molecule has 20 heteroatoms. The van der Waals surface area contributed by atoms with Gasteiger partial charge in [0.2, 0.25) is 11.9 Å². The average molecular weight is 923 g/mol. The molecule has 0 saturated carbocycles. The number of anilines is 4. The van der Waals surface area contributed by atoms with Gasteiger partial charge in [-0.05, 0) is 85.3 Å². The molecule has 0 bridgehead atoms. The first-order chi connectivity index (χ1) is 30.1. The molecule has 63 heavy (non-hydrogen) atoms. The van der Waals surface area contributed by atoms with Crippen molar-refractivity contribution in [1.29, 1.82) is 0 Å². The van der Waals surface area contributed by atoms with Crippen LogP contribution in [0.3, 0.4) is 0 Å². The summed E-state index contributed by atoms with van der Waals surface area (Å²) in [4.78, 5) is 59.8. The van der Waals surface area contributed by atoms with E-state index in [4.69, 9.17) is 39.5 Å². The highest BCUT2D eigenvalue weighted by molar-refractivity contribution is 6.39. The van der Waals surface area contributed by atoms with Crippen LogP contribution in [0.25, 0.3) is 11.3 Å². The normalized spacial score (nSPS) is 10.7. The molecule has 6 aromatic rings. The molecule has 2 heterocycles. The Bertz CT molecular complexity index is 2550. The van der Waals surface area contributed by atoms with E-state index in [0.29, 0.717) is 52.7 Å². The van der Waals surface area contributed by atoms with Crippen molar-refractivity contribution in [2.45, 2.75) is 19.5 Å². The lowest BCUT2D eigenvalue weighted by Crippen LogP contribution is -2.26. The Morgan fingerprint density at radius 2 is 1.32 bits per heavy atom. The fraction of sp³-hybridized carbons (Fsp3) is 0.140. The fourth-order valence-electron chi connectivity index (χ4n) is 5.41. The molecule has 0 fully saturated rings. The van der Waals surface area contributed by atoms with Gasteiger partial charge in [-0.3, -0.25) is 19.4 Å². The SMILES string of the molecule is CC(=O)Nc1ccc(-c2ccnc(NCCCNC(=O)c3c(Cl)cccc3Cl)n2)cc1.CNC(=O)c1cc(Oc2ccc(NC(=O)Nc3ccc(Cl)c(C(F)(F)F)c3)cc2)ccn1. The van der Waals surface area contributed by atoms with Crippen molar-refractivity contribution in [3.05, 3.63) is 147 Å². The third-order valence-electron chi connectivity index (χ3n) is 8.34. The lowest BCUT2D eigenvalue weighted by molar-refractivity contribution is -0.137. The Kier molecular flexibility index (Phi) is 16.6. The predicted molar refractivity (Wildman–Crippen MR) is 237 cm³/mol. The summed E-state index contributed by atoms with van der Waals surface area (Å²) in [5.41, 5.74) is 2.12. The number of benzene rings is 4. The van der Waals surface area contributed by atoms with Crippen LogP contribution in [0.4, 0.5) is 41.0 Å². The monoisotopic (exact) mass is 921 g/mol. The summed E-state index contributed by atoms with van der Waals surface area (Å²) < 4.78 is 44.5. The number of nitrogens with one attached hydrogen (secondary N) is 6. The van der Waals surface area contributed by atoms with Gasteiger partial charge in [0.15, 0.2) is 0 Å². The number of amides is 5. The maximum atomic E-state index is 12.9. The minimum atomic E-state index is -4.64. The Labute approximate surface area is 373 Å². The number of carbonyl (C=O) groups is 4. The van der Waals surface area contributed by atoms with Crippen LogP contribution in [0, 0.1) is 0 Å². The number of urea groups is 1. The molecule has 0 spiro atoms. The Morgan fingerprint density at radius 1 is 0.683 bits per heavy atom. The highest BCUT2D eigenvalue weighted by atomic mass is 35.5. The summed E-state index contributed by atoms with van der Waals surface area (Å²) in [5, 5.41) is 16.1. The summed E-state index contributed by atoms with van der Waals surface area (Å²) in [6.45, 7) is 2.48. The largest absolute Gasteiger partial charge is 0.457 e. The molecule has 5 amide bonds. The van der Waals surface area contributed by atoms with Gasteiger partial charge in [-0.15, -0.1) is 0 Å². The number of carbonyl (C=O) groups excluding carboxylic acids is 4. The van der Waals surface area contributed by atoms with Crippen molar-refractivity contribution in [3.63, 3.8) is 0 Å². The van der Waals surface area contributed by atoms with Crippen LogP contribution in [0.1, 0.15) is 39.8 Å². The zero-order valence-electron chi connectivity index (χ0n) is 33.2. The summed E-state index contributed by atoms with van der Waals surface area (Å²) in [5.74, 6) is 0.523. The lowest BCUT2D eigenvalue weighted by Gasteiger charge is -2.12. The van der Waals surface area contributed by atoms with E-state index < -0.39 is 22.8 Å². The van der Waals surface area contributed by atoms with Gasteiger partial charge in [0.05, 0.1) is 31.9 Å². The van der Waals surface area contributed by atoms with Crippen molar-refractivity contribution in [2.24, 2.45) is 0 Å². The lowest BCUT2D eigenvalue weighted by atomic mass is 10.1. The average Bonchev–Trinajstić information content (AvgIpc) is 3.24. The summed E-state index contributed by atoms with van der Waals surface area (Å²) >= 11 is 17.7. The number of aromatic nitrogens is 3. The van der Waals surface area contributed by atoms with E-state index in [0.717, 1.165) is 29.1 Å². The molecule has 0 radical (unpaired) electrons. The summed E-state index contributed by atoms with van der Waals surface area (Å²) in [7, 11) is 1.49. The Hall–Kier alpha value is -6.95. The zero-order chi connectivity index (χ0) is 45.5. The van der Waals surface area contributed by atoms with Crippen LogP contribution in [-0.4, -0.2) is 58.8 Å².